The normalized spacial score (nSPS) is 13.3. The Kier molecular flexibility index (Phi) is 4.63. The summed E-state index contributed by atoms with van der Waals surface area (Å²) in [6.07, 6.45) is 2.38. The van der Waals surface area contributed by atoms with Crippen LogP contribution in [-0.2, 0) is 10.2 Å². The Hall–Kier alpha value is -2.18. The highest BCUT2D eigenvalue weighted by Crippen LogP contribution is 2.21. The molecule has 0 fully saturated rings. The third-order valence-electron chi connectivity index (χ3n) is 3.40. The van der Waals surface area contributed by atoms with Crippen LogP contribution in [0.3, 0.4) is 0 Å². The Morgan fingerprint density at radius 3 is 2.68 bits per heavy atom. The van der Waals surface area contributed by atoms with E-state index in [1.807, 2.05) is 27.7 Å². The number of rotatable bonds is 6. The average molecular weight is 305 g/mol. The molecule has 0 aromatic carbocycles. The van der Waals surface area contributed by atoms with Gasteiger partial charge in [-0.3, -0.25) is 0 Å². The fraction of sp³-hybridized carbons (Fsp3) is 0.600. The summed E-state index contributed by atoms with van der Waals surface area (Å²) in [5, 5.41) is 25.0. The summed E-state index contributed by atoms with van der Waals surface area (Å²) in [6, 6.07) is 2.88. The Balaban J connectivity index is 2.30. The van der Waals surface area contributed by atoms with Crippen molar-refractivity contribution in [1.82, 2.24) is 19.8 Å². The first-order valence-corrected chi connectivity index (χ1v) is 7.55. The van der Waals surface area contributed by atoms with Gasteiger partial charge in [0.15, 0.2) is 11.5 Å². The largest absolute Gasteiger partial charge is 0.480 e. The zero-order valence-electron chi connectivity index (χ0n) is 13.5. The number of carboxylic acids is 1. The molecule has 0 bridgehead atoms. The molecular weight excluding hydrogens is 282 g/mol. The van der Waals surface area contributed by atoms with Crippen molar-refractivity contribution >= 4 is 17.4 Å². The first-order chi connectivity index (χ1) is 10.3. The van der Waals surface area contributed by atoms with Crippen molar-refractivity contribution < 1.29 is 9.90 Å². The van der Waals surface area contributed by atoms with Crippen molar-refractivity contribution in [2.24, 2.45) is 0 Å². The van der Waals surface area contributed by atoms with E-state index in [0.29, 0.717) is 17.9 Å². The van der Waals surface area contributed by atoms with Gasteiger partial charge in [0.05, 0.1) is 0 Å². The second kappa shape index (κ2) is 6.29. The number of aromatic nitrogens is 4. The number of hydrogen-bond donors (Lipinski definition) is 2. The molecule has 2 heterocycles. The highest BCUT2D eigenvalue weighted by atomic mass is 16.4. The molecule has 0 saturated carbocycles. The summed E-state index contributed by atoms with van der Waals surface area (Å²) in [6.45, 7) is 8.14. The molecule has 2 rings (SSSR count). The van der Waals surface area contributed by atoms with Gasteiger partial charge in [0.1, 0.15) is 11.9 Å². The highest BCUT2D eigenvalue weighted by molar-refractivity contribution is 5.76. The third kappa shape index (κ3) is 3.52. The fourth-order valence-corrected chi connectivity index (χ4v) is 2.18. The summed E-state index contributed by atoms with van der Waals surface area (Å²) in [4.78, 5) is 11.3. The minimum Gasteiger partial charge on any atom is -0.480 e. The van der Waals surface area contributed by atoms with E-state index in [1.54, 1.807) is 16.6 Å². The number of anilines is 1. The van der Waals surface area contributed by atoms with E-state index in [1.165, 1.54) is 0 Å². The summed E-state index contributed by atoms with van der Waals surface area (Å²) >= 11 is 0. The zero-order chi connectivity index (χ0) is 16.3. The molecule has 2 aromatic heterocycles. The lowest BCUT2D eigenvalue weighted by molar-refractivity contribution is -0.138. The van der Waals surface area contributed by atoms with Gasteiger partial charge in [-0.15, -0.1) is 15.3 Å². The molecule has 0 aliphatic carbocycles. The van der Waals surface area contributed by atoms with E-state index >= 15 is 0 Å². The van der Waals surface area contributed by atoms with Crippen LogP contribution in [-0.4, -0.2) is 36.9 Å². The number of hydrogen-bond acceptors (Lipinski definition) is 5. The topological polar surface area (TPSA) is 92.4 Å². The molecule has 2 N–H and O–H groups in total. The van der Waals surface area contributed by atoms with Crippen molar-refractivity contribution in [1.29, 1.82) is 0 Å². The lowest BCUT2D eigenvalue weighted by atomic mass is 9.96. The molecule has 0 radical (unpaired) electrons. The van der Waals surface area contributed by atoms with E-state index in [-0.39, 0.29) is 5.41 Å². The van der Waals surface area contributed by atoms with Crippen molar-refractivity contribution in [3.05, 3.63) is 18.0 Å². The lowest BCUT2D eigenvalue weighted by Gasteiger charge is -2.17. The Morgan fingerprint density at radius 2 is 2.09 bits per heavy atom. The quantitative estimate of drug-likeness (QED) is 0.851. The summed E-state index contributed by atoms with van der Waals surface area (Å²) < 4.78 is 1.67. The number of aliphatic carboxylic acids is 1. The van der Waals surface area contributed by atoms with E-state index in [2.05, 4.69) is 20.6 Å². The molecule has 2 aromatic rings. The van der Waals surface area contributed by atoms with E-state index < -0.39 is 12.0 Å². The number of carbonyl (C=O) groups is 1. The highest BCUT2D eigenvalue weighted by Gasteiger charge is 2.22. The Morgan fingerprint density at radius 1 is 1.36 bits per heavy atom. The van der Waals surface area contributed by atoms with Gasteiger partial charge < -0.3 is 10.4 Å². The molecule has 0 spiro atoms. The molecule has 1 atom stereocenters. The lowest BCUT2D eigenvalue weighted by Crippen LogP contribution is -2.30. The van der Waals surface area contributed by atoms with Crippen molar-refractivity contribution in [2.45, 2.75) is 58.4 Å². The second-order valence-electron chi connectivity index (χ2n) is 6.44. The maximum atomic E-state index is 11.3. The fourth-order valence-electron chi connectivity index (χ4n) is 2.18. The van der Waals surface area contributed by atoms with Crippen molar-refractivity contribution in [2.75, 3.05) is 5.32 Å². The van der Waals surface area contributed by atoms with Crippen LogP contribution in [0, 0.1) is 0 Å². The monoisotopic (exact) mass is 305 g/mol. The smallest absolute Gasteiger partial charge is 0.326 e. The van der Waals surface area contributed by atoms with Crippen LogP contribution in [0.4, 0.5) is 5.82 Å². The zero-order valence-corrected chi connectivity index (χ0v) is 13.5. The van der Waals surface area contributed by atoms with Gasteiger partial charge in [-0.25, -0.2) is 4.79 Å². The minimum absolute atomic E-state index is 0.195. The molecule has 0 aliphatic heterocycles. The number of carboxylic acid groups (broad SMARTS) is 1. The van der Waals surface area contributed by atoms with Gasteiger partial charge in [-0.1, -0.05) is 40.5 Å². The molecular formula is C15H23N5O2. The van der Waals surface area contributed by atoms with Crippen LogP contribution >= 0.6 is 0 Å². The van der Waals surface area contributed by atoms with E-state index in [9.17, 15) is 9.90 Å². The molecule has 0 saturated heterocycles. The summed E-state index contributed by atoms with van der Waals surface area (Å²) in [5.74, 6) is 0.392. The van der Waals surface area contributed by atoms with Crippen LogP contribution in [0.25, 0.3) is 5.65 Å². The van der Waals surface area contributed by atoms with Crippen molar-refractivity contribution in [3.63, 3.8) is 0 Å². The van der Waals surface area contributed by atoms with Crippen LogP contribution in [0.2, 0.25) is 0 Å². The predicted octanol–water partition coefficient (Wildman–Crippen LogP) is 2.48. The van der Waals surface area contributed by atoms with E-state index in [0.717, 1.165) is 18.7 Å². The summed E-state index contributed by atoms with van der Waals surface area (Å²) in [5.41, 5.74) is 0.454. The molecule has 7 nitrogen and oxygen atoms in total. The SMILES string of the molecule is CCCC[C@H](Nc1ccc2nnc(C(C)(C)C)n2n1)C(=O)O. The van der Waals surface area contributed by atoms with Gasteiger partial charge in [0.25, 0.3) is 0 Å². The first-order valence-electron chi connectivity index (χ1n) is 7.55. The molecule has 22 heavy (non-hydrogen) atoms. The summed E-state index contributed by atoms with van der Waals surface area (Å²) in [7, 11) is 0. The number of nitrogens with one attached hydrogen (secondary N) is 1. The second-order valence-corrected chi connectivity index (χ2v) is 6.44. The minimum atomic E-state index is -0.866. The molecule has 0 unspecified atom stereocenters. The maximum Gasteiger partial charge on any atom is 0.326 e. The van der Waals surface area contributed by atoms with Gasteiger partial charge in [0.2, 0.25) is 0 Å². The first kappa shape index (κ1) is 16.2. The number of nitrogens with zero attached hydrogens (tertiary/aromatic N) is 4. The van der Waals surface area contributed by atoms with Gasteiger partial charge >= 0.3 is 5.97 Å². The van der Waals surface area contributed by atoms with Crippen LogP contribution < -0.4 is 5.32 Å². The van der Waals surface area contributed by atoms with E-state index in [4.69, 9.17) is 0 Å². The standard InChI is InChI=1S/C15H23N5O2/c1-5-6-7-10(13(21)22)16-11-8-9-12-17-18-14(15(2,3)4)20(12)19-11/h8-10H,5-7H2,1-4H3,(H,16,19)(H,21,22)/t10-/m0/s1. The Bertz CT molecular complexity index is 659. The molecule has 0 amide bonds. The van der Waals surface area contributed by atoms with Crippen molar-refractivity contribution in [3.8, 4) is 0 Å². The average Bonchev–Trinajstić information content (AvgIpc) is 2.86. The van der Waals surface area contributed by atoms with Gasteiger partial charge in [-0.2, -0.15) is 4.52 Å². The maximum absolute atomic E-state index is 11.3. The van der Waals surface area contributed by atoms with Gasteiger partial charge in [-0.05, 0) is 18.6 Å². The number of fused-ring (bicyclic) bond motifs is 1. The van der Waals surface area contributed by atoms with Crippen LogP contribution in [0.1, 0.15) is 52.8 Å². The molecule has 7 heteroatoms. The number of unbranched alkanes of at least 4 members (excludes halogenated alkanes) is 1. The predicted molar refractivity (Wildman–Crippen MR) is 84.1 cm³/mol. The van der Waals surface area contributed by atoms with Crippen LogP contribution in [0.5, 0.6) is 0 Å². The molecule has 120 valence electrons. The van der Waals surface area contributed by atoms with Crippen LogP contribution in [0.15, 0.2) is 12.1 Å². The van der Waals surface area contributed by atoms with Gasteiger partial charge in [0, 0.05) is 5.41 Å². The molecule has 0 aliphatic rings. The Labute approximate surface area is 129 Å². The third-order valence-corrected chi connectivity index (χ3v) is 3.40.